The van der Waals surface area contributed by atoms with E-state index in [4.69, 9.17) is 4.52 Å². The topological polar surface area (TPSA) is 162 Å². The third-order valence-corrected chi connectivity index (χ3v) is 9.96. The summed E-state index contributed by atoms with van der Waals surface area (Å²) in [6.07, 6.45) is 3.19. The van der Waals surface area contributed by atoms with Crippen LogP contribution in [0.4, 0.5) is 0 Å². The first-order valence-corrected chi connectivity index (χ1v) is 16.3. The van der Waals surface area contributed by atoms with Crippen LogP contribution in [0.3, 0.4) is 0 Å². The number of likely N-dealkylation sites (tertiary alicyclic amines) is 1. The Balaban J connectivity index is 1.50. The highest BCUT2D eigenvalue weighted by molar-refractivity contribution is 5.95. The zero-order valence-corrected chi connectivity index (χ0v) is 27.4. The van der Waals surface area contributed by atoms with Crippen LogP contribution in [0.15, 0.2) is 45.7 Å². The van der Waals surface area contributed by atoms with Gasteiger partial charge in [0.25, 0.3) is 11.8 Å². The maximum absolute atomic E-state index is 13.4. The normalized spacial score (nSPS) is 21.1. The van der Waals surface area contributed by atoms with Gasteiger partial charge in [0.2, 0.25) is 5.91 Å². The van der Waals surface area contributed by atoms with Crippen LogP contribution < -0.4 is 21.7 Å². The summed E-state index contributed by atoms with van der Waals surface area (Å²) in [6, 6.07) is 12.7. The highest BCUT2D eigenvalue weighted by atomic mass is 16.5. The van der Waals surface area contributed by atoms with Crippen molar-refractivity contribution >= 4 is 17.7 Å². The Kier molecular flexibility index (Phi) is 8.53. The van der Waals surface area contributed by atoms with E-state index in [1.807, 2.05) is 45.0 Å². The first-order chi connectivity index (χ1) is 22.5. The van der Waals surface area contributed by atoms with E-state index in [1.165, 1.54) is 0 Å². The number of aryl methyl sites for hydroxylation is 2. The molecule has 246 valence electrons. The third-order valence-electron chi connectivity index (χ3n) is 9.96. The highest BCUT2D eigenvalue weighted by Gasteiger charge is 2.54. The molecule has 1 unspecified atom stereocenters. The number of carbonyl (C=O) groups is 3. The van der Waals surface area contributed by atoms with Crippen LogP contribution >= 0.6 is 0 Å². The van der Waals surface area contributed by atoms with Gasteiger partial charge in [0.15, 0.2) is 5.82 Å². The van der Waals surface area contributed by atoms with Gasteiger partial charge in [0.1, 0.15) is 6.04 Å². The molecular weight excluding hydrogens is 598 g/mol. The number of nitrogens with zero attached hydrogens (tertiary/aromatic N) is 4. The van der Waals surface area contributed by atoms with Gasteiger partial charge in [0.05, 0.1) is 24.1 Å². The van der Waals surface area contributed by atoms with E-state index in [-0.39, 0.29) is 42.4 Å². The predicted molar refractivity (Wildman–Crippen MR) is 173 cm³/mol. The van der Waals surface area contributed by atoms with Gasteiger partial charge in [0, 0.05) is 37.3 Å². The van der Waals surface area contributed by atoms with E-state index >= 15 is 0 Å². The summed E-state index contributed by atoms with van der Waals surface area (Å²) in [5, 5.41) is 18.5. The molecule has 2 aliphatic carbocycles. The maximum atomic E-state index is 13.4. The molecule has 0 bridgehead atoms. The van der Waals surface area contributed by atoms with E-state index in [1.54, 1.807) is 35.9 Å². The largest absolute Gasteiger partial charge is 0.459 e. The number of nitriles is 1. The van der Waals surface area contributed by atoms with Gasteiger partial charge in [-0.15, -0.1) is 0 Å². The van der Waals surface area contributed by atoms with Crippen molar-refractivity contribution in [3.05, 3.63) is 86.2 Å². The highest BCUT2D eigenvalue weighted by Crippen LogP contribution is 2.49. The molecule has 2 aromatic carbocycles. The molecule has 3 aliphatic rings. The van der Waals surface area contributed by atoms with Crippen molar-refractivity contribution in [2.24, 2.45) is 5.92 Å². The number of fused-ring (bicyclic) bond motifs is 3. The molecule has 1 saturated heterocycles. The van der Waals surface area contributed by atoms with Crippen molar-refractivity contribution in [2.75, 3.05) is 20.6 Å². The fraction of sp³-hybridized carbons (Fsp3) is 0.486. The summed E-state index contributed by atoms with van der Waals surface area (Å²) in [5.41, 5.74) is 3.49. The number of carbonyl (C=O) groups excluding carboxylic acids is 3. The molecule has 3 amide bonds. The van der Waals surface area contributed by atoms with Crippen LogP contribution in [0, 0.1) is 17.2 Å². The molecular formula is C35H41N7O5. The molecule has 0 radical (unpaired) electrons. The molecule has 12 heteroatoms. The van der Waals surface area contributed by atoms with E-state index in [2.05, 4.69) is 27.0 Å². The lowest BCUT2D eigenvalue weighted by molar-refractivity contribution is -0.131. The Hall–Kier alpha value is -4.76. The van der Waals surface area contributed by atoms with Gasteiger partial charge in [-0.1, -0.05) is 12.1 Å². The van der Waals surface area contributed by atoms with Crippen molar-refractivity contribution in [2.45, 2.75) is 82.5 Å². The Bertz CT molecular complexity index is 1770. The molecule has 1 aliphatic heterocycles. The first-order valence-electron chi connectivity index (χ1n) is 16.3. The Morgan fingerprint density at radius 1 is 1.00 bits per heavy atom. The van der Waals surface area contributed by atoms with Crippen molar-refractivity contribution < 1.29 is 18.9 Å². The number of nitrogens with one attached hydrogen (secondary N) is 3. The van der Waals surface area contributed by atoms with Crippen LogP contribution in [0.1, 0.15) is 94.9 Å². The fourth-order valence-electron chi connectivity index (χ4n) is 7.70. The third kappa shape index (κ3) is 5.63. The molecule has 3 N–H and O–H groups in total. The minimum Gasteiger partial charge on any atom is -0.355 e. The van der Waals surface area contributed by atoms with Crippen molar-refractivity contribution in [1.82, 2.24) is 30.6 Å². The Labute approximate surface area is 273 Å². The summed E-state index contributed by atoms with van der Waals surface area (Å²) < 4.78 is 7.23. The summed E-state index contributed by atoms with van der Waals surface area (Å²) >= 11 is 0. The Morgan fingerprint density at radius 3 is 2.13 bits per heavy atom. The first kappa shape index (κ1) is 32.2. The average molecular weight is 640 g/mol. The molecule has 12 nitrogen and oxygen atoms in total. The Morgan fingerprint density at radius 2 is 1.60 bits per heavy atom. The van der Waals surface area contributed by atoms with Gasteiger partial charge in [-0.2, -0.15) is 15.0 Å². The molecule has 47 heavy (non-hydrogen) atoms. The monoisotopic (exact) mass is 639 g/mol. The maximum Gasteiger partial charge on any atom is 0.459 e. The summed E-state index contributed by atoms with van der Waals surface area (Å²) in [7, 11) is 3.17. The number of piperidine rings is 1. The van der Waals surface area contributed by atoms with Gasteiger partial charge in [-0.25, -0.2) is 4.79 Å². The minimum atomic E-state index is -1.07. The molecule has 6 rings (SSSR count). The molecule has 4 atom stereocenters. The van der Waals surface area contributed by atoms with Crippen LogP contribution in [0.2, 0.25) is 0 Å². The summed E-state index contributed by atoms with van der Waals surface area (Å²) in [6.45, 7) is 5.87. The van der Waals surface area contributed by atoms with Gasteiger partial charge >= 0.3 is 5.76 Å². The second-order valence-corrected chi connectivity index (χ2v) is 13.3. The van der Waals surface area contributed by atoms with Crippen LogP contribution in [-0.4, -0.2) is 71.1 Å². The average Bonchev–Trinajstić information content (AvgIpc) is 3.59. The van der Waals surface area contributed by atoms with Crippen molar-refractivity contribution in [3.8, 4) is 6.07 Å². The van der Waals surface area contributed by atoms with E-state index < -0.39 is 17.2 Å². The lowest BCUT2D eigenvalue weighted by Crippen LogP contribution is -2.47. The quantitative estimate of drug-likeness (QED) is 0.322. The van der Waals surface area contributed by atoms with Crippen molar-refractivity contribution in [1.29, 1.82) is 5.26 Å². The zero-order valence-electron chi connectivity index (χ0n) is 27.4. The zero-order chi connectivity index (χ0) is 33.6. The van der Waals surface area contributed by atoms with Crippen molar-refractivity contribution in [3.63, 3.8) is 0 Å². The van der Waals surface area contributed by atoms with Crippen LogP contribution in [0.25, 0.3) is 0 Å². The molecule has 2 fully saturated rings. The lowest BCUT2D eigenvalue weighted by atomic mass is 9.67. The second kappa shape index (κ2) is 12.4. The molecule has 1 aromatic heterocycles. The van der Waals surface area contributed by atoms with Gasteiger partial charge in [-0.3, -0.25) is 14.4 Å². The number of amides is 3. The molecule has 2 heterocycles. The van der Waals surface area contributed by atoms with Gasteiger partial charge < -0.3 is 25.4 Å². The SMILES string of the molecule is CNC(=O)c1ccc2c(c1)CCc1cc(C(=O)NC)ccc1C2(C[C@H](C)NCC(=O)N1C(C#N)C[C@@H]2C[C@@H]21)c1nc(=O)on1C(C)C. The smallest absolute Gasteiger partial charge is 0.355 e. The standard InChI is InChI=1S/C35H41N7O5/c1-19(2)42-33(40-34(46)47-42)35(16-20(3)39-18-30(43)41-26(17-36)14-25-15-29(25)41)27-10-8-23(31(44)37-4)12-21(27)6-7-22-13-24(32(45)38-5)9-11-28(22)35/h8-13,19-20,25-26,29,39H,6-7,14-16,18H2,1-5H3,(H,37,44)(H,38,45)/t20-,25+,26?,29-/m0/s1. The number of aromatic nitrogens is 2. The second-order valence-electron chi connectivity index (χ2n) is 13.3. The summed E-state index contributed by atoms with van der Waals surface area (Å²) in [4.78, 5) is 58.1. The fourth-order valence-corrected chi connectivity index (χ4v) is 7.70. The lowest BCUT2D eigenvalue weighted by Gasteiger charge is -2.38. The minimum absolute atomic E-state index is 0.0549. The molecule has 0 spiro atoms. The molecule has 3 aromatic rings. The molecule has 1 saturated carbocycles. The number of hydrogen-bond acceptors (Lipinski definition) is 8. The van der Waals surface area contributed by atoms with Crippen LogP contribution in [0.5, 0.6) is 0 Å². The number of rotatable bonds is 9. The van der Waals surface area contributed by atoms with E-state index in [9.17, 15) is 24.4 Å². The number of benzene rings is 2. The van der Waals surface area contributed by atoms with Crippen LogP contribution in [-0.2, 0) is 23.1 Å². The predicted octanol–water partition coefficient (Wildman–Crippen LogP) is 2.45. The number of hydrogen-bond donors (Lipinski definition) is 3. The van der Waals surface area contributed by atoms with E-state index in [0.717, 1.165) is 35.1 Å². The van der Waals surface area contributed by atoms with E-state index in [0.29, 0.717) is 42.1 Å². The summed E-state index contributed by atoms with van der Waals surface area (Å²) in [5.74, 6) is -0.432. The van der Waals surface area contributed by atoms with Gasteiger partial charge in [-0.05, 0) is 105 Å².